The molecule has 0 spiro atoms. The Hall–Kier alpha value is -1.62. The van der Waals surface area contributed by atoms with Gasteiger partial charge in [-0.15, -0.1) is 4.40 Å². The molecular formula is C15H18N2O2S. The van der Waals surface area contributed by atoms with Gasteiger partial charge in [0.05, 0.1) is 0 Å². The Kier molecular flexibility index (Phi) is 3.17. The van der Waals surface area contributed by atoms with E-state index < -0.39 is 10.0 Å². The fraction of sp³-hybridized carbons (Fsp3) is 0.400. The fourth-order valence-electron chi connectivity index (χ4n) is 2.82. The van der Waals surface area contributed by atoms with E-state index in [4.69, 9.17) is 0 Å². The van der Waals surface area contributed by atoms with Gasteiger partial charge in [0.15, 0.2) is 0 Å². The second kappa shape index (κ2) is 4.74. The molecule has 4 nitrogen and oxygen atoms in total. The molecule has 20 heavy (non-hydrogen) atoms. The van der Waals surface area contributed by atoms with Crippen LogP contribution in [0.1, 0.15) is 30.9 Å². The second-order valence-corrected chi connectivity index (χ2v) is 6.95. The molecule has 0 aromatic heterocycles. The Morgan fingerprint density at radius 1 is 1.05 bits per heavy atom. The molecule has 0 saturated carbocycles. The highest BCUT2D eigenvalue weighted by Gasteiger charge is 2.34. The van der Waals surface area contributed by atoms with Crippen LogP contribution in [0, 0.1) is 6.92 Å². The van der Waals surface area contributed by atoms with Crippen molar-refractivity contribution in [1.29, 1.82) is 0 Å². The van der Waals surface area contributed by atoms with E-state index >= 15 is 0 Å². The first-order chi connectivity index (χ1) is 9.49. The van der Waals surface area contributed by atoms with Crippen molar-refractivity contribution < 1.29 is 8.42 Å². The SMILES string of the molecule is CC1=C(c2ccc(C)cc2)S(=O)(=O)N=C1N1CCCC1. The Morgan fingerprint density at radius 2 is 1.65 bits per heavy atom. The first kappa shape index (κ1) is 13.4. The average Bonchev–Trinajstić information content (AvgIpc) is 2.98. The second-order valence-electron chi connectivity index (χ2n) is 5.40. The summed E-state index contributed by atoms with van der Waals surface area (Å²) in [5.41, 5.74) is 2.62. The molecule has 1 aromatic rings. The van der Waals surface area contributed by atoms with Crippen LogP contribution in [0.3, 0.4) is 0 Å². The topological polar surface area (TPSA) is 49.7 Å². The van der Waals surface area contributed by atoms with Gasteiger partial charge in [0.1, 0.15) is 10.7 Å². The predicted octanol–water partition coefficient (Wildman–Crippen LogP) is 2.56. The minimum absolute atomic E-state index is 0.361. The van der Waals surface area contributed by atoms with Crippen molar-refractivity contribution in [3.05, 3.63) is 41.0 Å². The summed E-state index contributed by atoms with van der Waals surface area (Å²) in [6, 6.07) is 7.57. The van der Waals surface area contributed by atoms with Gasteiger partial charge in [-0.05, 0) is 32.3 Å². The van der Waals surface area contributed by atoms with Gasteiger partial charge in [0, 0.05) is 18.7 Å². The molecule has 0 radical (unpaired) electrons. The summed E-state index contributed by atoms with van der Waals surface area (Å²) < 4.78 is 28.7. The van der Waals surface area contributed by atoms with Gasteiger partial charge in [-0.2, -0.15) is 8.42 Å². The third kappa shape index (κ3) is 2.16. The number of aryl methyl sites for hydroxylation is 1. The van der Waals surface area contributed by atoms with E-state index in [2.05, 4.69) is 9.30 Å². The van der Waals surface area contributed by atoms with Crippen molar-refractivity contribution in [2.24, 2.45) is 4.40 Å². The number of amidine groups is 1. The largest absolute Gasteiger partial charge is 0.356 e. The van der Waals surface area contributed by atoms with E-state index in [9.17, 15) is 8.42 Å². The van der Waals surface area contributed by atoms with Gasteiger partial charge in [-0.25, -0.2) is 0 Å². The zero-order valence-electron chi connectivity index (χ0n) is 11.8. The molecule has 0 aliphatic carbocycles. The molecule has 0 N–H and O–H groups in total. The summed E-state index contributed by atoms with van der Waals surface area (Å²) >= 11 is 0. The van der Waals surface area contributed by atoms with Gasteiger partial charge >= 0.3 is 0 Å². The van der Waals surface area contributed by atoms with Crippen molar-refractivity contribution >= 4 is 20.8 Å². The summed E-state index contributed by atoms with van der Waals surface area (Å²) in [6.45, 7) is 5.64. The lowest BCUT2D eigenvalue weighted by Crippen LogP contribution is -2.27. The van der Waals surface area contributed by atoms with Gasteiger partial charge in [-0.3, -0.25) is 0 Å². The van der Waals surface area contributed by atoms with Crippen LogP contribution in [0.2, 0.25) is 0 Å². The molecule has 2 aliphatic heterocycles. The Balaban J connectivity index is 2.08. The molecule has 106 valence electrons. The number of nitrogens with zero attached hydrogens (tertiary/aromatic N) is 2. The molecule has 1 saturated heterocycles. The van der Waals surface area contributed by atoms with E-state index in [1.807, 2.05) is 38.1 Å². The van der Waals surface area contributed by atoms with E-state index in [1.165, 1.54) is 0 Å². The highest BCUT2D eigenvalue weighted by atomic mass is 32.2. The lowest BCUT2D eigenvalue weighted by Gasteiger charge is -2.17. The molecule has 1 aromatic carbocycles. The highest BCUT2D eigenvalue weighted by Crippen LogP contribution is 2.34. The van der Waals surface area contributed by atoms with Crippen LogP contribution in [-0.2, 0) is 10.0 Å². The van der Waals surface area contributed by atoms with E-state index in [-0.39, 0.29) is 0 Å². The van der Waals surface area contributed by atoms with Crippen LogP contribution >= 0.6 is 0 Å². The fourth-order valence-corrected chi connectivity index (χ4v) is 4.30. The van der Waals surface area contributed by atoms with E-state index in [0.29, 0.717) is 10.7 Å². The molecule has 0 bridgehead atoms. The molecule has 2 heterocycles. The van der Waals surface area contributed by atoms with Gasteiger partial charge in [0.2, 0.25) is 0 Å². The van der Waals surface area contributed by atoms with Crippen LogP contribution in [0.4, 0.5) is 0 Å². The zero-order valence-corrected chi connectivity index (χ0v) is 12.6. The van der Waals surface area contributed by atoms with Crippen LogP contribution in [0.25, 0.3) is 4.91 Å². The third-order valence-corrected chi connectivity index (χ3v) is 5.33. The van der Waals surface area contributed by atoms with Crippen molar-refractivity contribution in [1.82, 2.24) is 4.90 Å². The lowest BCUT2D eigenvalue weighted by atomic mass is 10.1. The van der Waals surface area contributed by atoms with Gasteiger partial charge in [0.25, 0.3) is 10.0 Å². The van der Waals surface area contributed by atoms with E-state index in [0.717, 1.165) is 42.6 Å². The predicted molar refractivity (Wildman–Crippen MR) is 80.9 cm³/mol. The highest BCUT2D eigenvalue weighted by molar-refractivity contribution is 8.00. The minimum Gasteiger partial charge on any atom is -0.356 e. The first-order valence-corrected chi connectivity index (χ1v) is 8.31. The van der Waals surface area contributed by atoms with Crippen molar-refractivity contribution in [2.75, 3.05) is 13.1 Å². The molecule has 0 amide bonds. The lowest BCUT2D eigenvalue weighted by molar-refractivity contribution is 0.520. The number of hydrogen-bond acceptors (Lipinski definition) is 3. The molecular weight excluding hydrogens is 272 g/mol. The monoisotopic (exact) mass is 290 g/mol. The summed E-state index contributed by atoms with van der Waals surface area (Å²) in [5.74, 6) is 0.637. The van der Waals surface area contributed by atoms with E-state index in [1.54, 1.807) is 0 Å². The standard InChI is InChI=1S/C15H18N2O2S/c1-11-5-7-13(8-6-11)14-12(2)15(16-20(14,18)19)17-9-3-4-10-17/h5-8H,3-4,9-10H2,1-2H3. The number of likely N-dealkylation sites (tertiary alicyclic amines) is 1. The number of sulfonamides is 1. The molecule has 2 aliphatic rings. The average molecular weight is 290 g/mol. The molecule has 0 atom stereocenters. The minimum atomic E-state index is -3.56. The molecule has 5 heteroatoms. The van der Waals surface area contributed by atoms with Crippen LogP contribution < -0.4 is 0 Å². The maximum absolute atomic E-state index is 12.4. The maximum Gasteiger partial charge on any atom is 0.285 e. The Labute approximate surface area is 119 Å². The third-order valence-electron chi connectivity index (χ3n) is 3.86. The molecule has 1 fully saturated rings. The zero-order chi connectivity index (χ0) is 14.3. The number of rotatable bonds is 1. The van der Waals surface area contributed by atoms with Crippen LogP contribution in [0.15, 0.2) is 34.2 Å². The molecule has 3 rings (SSSR count). The van der Waals surface area contributed by atoms with Crippen LogP contribution in [-0.4, -0.2) is 32.2 Å². The normalized spacial score (nSPS) is 21.5. The summed E-state index contributed by atoms with van der Waals surface area (Å²) in [6.07, 6.45) is 2.21. The summed E-state index contributed by atoms with van der Waals surface area (Å²) in [7, 11) is -3.56. The first-order valence-electron chi connectivity index (χ1n) is 6.87. The van der Waals surface area contributed by atoms with Crippen LogP contribution in [0.5, 0.6) is 0 Å². The van der Waals surface area contributed by atoms with Crippen molar-refractivity contribution in [3.63, 3.8) is 0 Å². The maximum atomic E-state index is 12.4. The Bertz CT molecular complexity index is 694. The molecule has 0 unspecified atom stereocenters. The van der Waals surface area contributed by atoms with Crippen molar-refractivity contribution in [3.8, 4) is 0 Å². The van der Waals surface area contributed by atoms with Gasteiger partial charge < -0.3 is 4.90 Å². The van der Waals surface area contributed by atoms with Gasteiger partial charge in [-0.1, -0.05) is 29.8 Å². The smallest absolute Gasteiger partial charge is 0.285 e. The number of benzene rings is 1. The summed E-state index contributed by atoms with van der Waals surface area (Å²) in [4.78, 5) is 2.44. The van der Waals surface area contributed by atoms with Crippen molar-refractivity contribution in [2.45, 2.75) is 26.7 Å². The quantitative estimate of drug-likeness (QED) is 0.798. The Morgan fingerprint density at radius 3 is 2.25 bits per heavy atom. The summed E-state index contributed by atoms with van der Waals surface area (Å²) in [5, 5.41) is 0. The number of hydrogen-bond donors (Lipinski definition) is 0.